The lowest BCUT2D eigenvalue weighted by Crippen LogP contribution is -2.47. The quantitative estimate of drug-likeness (QED) is 0.730. The highest BCUT2D eigenvalue weighted by molar-refractivity contribution is 5.26. The van der Waals surface area contributed by atoms with Crippen LogP contribution in [0.3, 0.4) is 0 Å². The molecule has 0 saturated carbocycles. The molecule has 0 aliphatic carbocycles. The molecule has 0 aromatic heterocycles. The first-order chi connectivity index (χ1) is 6.66. The van der Waals surface area contributed by atoms with E-state index in [4.69, 9.17) is 5.73 Å². The maximum absolute atomic E-state index is 12.7. The maximum atomic E-state index is 12.7. The van der Waals surface area contributed by atoms with Crippen LogP contribution in [0.4, 0.5) is 22.0 Å². The number of nitrogens with two attached hydrogens (primary N) is 1. The van der Waals surface area contributed by atoms with E-state index in [2.05, 4.69) is 0 Å². The first-order valence-electron chi connectivity index (χ1n) is 3.97. The van der Waals surface area contributed by atoms with Crippen molar-refractivity contribution >= 4 is 0 Å². The van der Waals surface area contributed by atoms with E-state index in [1.165, 1.54) is 0 Å². The SMILES string of the molecule is CC(N)(c1ccc(F)c(F)c1)C(F)(F)F. The molecule has 0 saturated heterocycles. The molecule has 1 aromatic rings. The van der Waals surface area contributed by atoms with Crippen molar-refractivity contribution in [2.75, 3.05) is 0 Å². The second-order valence-corrected chi connectivity index (χ2v) is 3.33. The van der Waals surface area contributed by atoms with Gasteiger partial charge in [-0.3, -0.25) is 0 Å². The zero-order chi connectivity index (χ0) is 11.9. The highest BCUT2D eigenvalue weighted by atomic mass is 19.4. The van der Waals surface area contributed by atoms with Crippen LogP contribution in [0, 0.1) is 11.6 Å². The Morgan fingerprint density at radius 3 is 2.00 bits per heavy atom. The van der Waals surface area contributed by atoms with E-state index in [0.717, 1.165) is 6.07 Å². The van der Waals surface area contributed by atoms with Gasteiger partial charge in [0.05, 0.1) is 0 Å². The highest BCUT2D eigenvalue weighted by Gasteiger charge is 2.49. The van der Waals surface area contributed by atoms with Gasteiger partial charge in [-0.2, -0.15) is 13.2 Å². The predicted molar refractivity (Wildman–Crippen MR) is 44.0 cm³/mol. The van der Waals surface area contributed by atoms with Gasteiger partial charge in [0.25, 0.3) is 0 Å². The van der Waals surface area contributed by atoms with Crippen molar-refractivity contribution in [2.24, 2.45) is 5.73 Å². The zero-order valence-corrected chi connectivity index (χ0v) is 7.70. The standard InChI is InChI=1S/C9H8F5N/c1-8(15,9(12,13)14)5-2-3-6(10)7(11)4-5/h2-4H,15H2,1H3. The second kappa shape index (κ2) is 3.44. The topological polar surface area (TPSA) is 26.0 Å². The van der Waals surface area contributed by atoms with Crippen molar-refractivity contribution in [3.05, 3.63) is 35.4 Å². The molecular weight excluding hydrogens is 217 g/mol. The molecule has 1 rings (SSSR count). The van der Waals surface area contributed by atoms with Crippen LogP contribution in [0.25, 0.3) is 0 Å². The third-order valence-corrected chi connectivity index (χ3v) is 2.11. The van der Waals surface area contributed by atoms with Gasteiger partial charge in [0.1, 0.15) is 5.54 Å². The number of hydrogen-bond donors (Lipinski definition) is 1. The second-order valence-electron chi connectivity index (χ2n) is 3.33. The van der Waals surface area contributed by atoms with Crippen LogP contribution in [0.2, 0.25) is 0 Å². The third kappa shape index (κ3) is 2.09. The Bertz CT molecular complexity index is 369. The Hall–Kier alpha value is -1.17. The first kappa shape index (κ1) is 11.9. The Morgan fingerprint density at radius 1 is 1.07 bits per heavy atom. The zero-order valence-electron chi connectivity index (χ0n) is 7.70. The minimum atomic E-state index is -4.72. The van der Waals surface area contributed by atoms with Crippen molar-refractivity contribution in [1.29, 1.82) is 0 Å². The summed E-state index contributed by atoms with van der Waals surface area (Å²) in [5, 5.41) is 0. The fourth-order valence-electron chi connectivity index (χ4n) is 0.983. The predicted octanol–water partition coefficient (Wildman–Crippen LogP) is 2.70. The summed E-state index contributed by atoms with van der Waals surface area (Å²) < 4.78 is 62.4. The Balaban J connectivity index is 3.22. The van der Waals surface area contributed by atoms with Crippen LogP contribution in [0.15, 0.2) is 18.2 Å². The van der Waals surface area contributed by atoms with Crippen molar-refractivity contribution < 1.29 is 22.0 Å². The fourth-order valence-corrected chi connectivity index (χ4v) is 0.983. The lowest BCUT2D eigenvalue weighted by atomic mass is 9.92. The lowest BCUT2D eigenvalue weighted by molar-refractivity contribution is -0.184. The summed E-state index contributed by atoms with van der Waals surface area (Å²) in [5.41, 5.74) is 1.81. The molecule has 84 valence electrons. The summed E-state index contributed by atoms with van der Waals surface area (Å²) in [5.74, 6) is -2.56. The smallest absolute Gasteiger partial charge is 0.314 e. The maximum Gasteiger partial charge on any atom is 0.410 e. The highest BCUT2D eigenvalue weighted by Crippen LogP contribution is 2.36. The van der Waals surface area contributed by atoms with E-state index in [1.807, 2.05) is 0 Å². The van der Waals surface area contributed by atoms with Crippen LogP contribution in [-0.4, -0.2) is 6.18 Å². The van der Waals surface area contributed by atoms with Crippen molar-refractivity contribution in [1.82, 2.24) is 0 Å². The normalized spacial score (nSPS) is 16.2. The van der Waals surface area contributed by atoms with E-state index >= 15 is 0 Å². The van der Waals surface area contributed by atoms with Gasteiger partial charge in [0.15, 0.2) is 11.6 Å². The van der Waals surface area contributed by atoms with Crippen LogP contribution in [0.5, 0.6) is 0 Å². The fraction of sp³-hybridized carbons (Fsp3) is 0.333. The molecule has 0 aliphatic rings. The molecule has 0 amide bonds. The average molecular weight is 225 g/mol. The minimum Gasteiger partial charge on any atom is -0.314 e. The van der Waals surface area contributed by atoms with E-state index in [1.54, 1.807) is 0 Å². The molecule has 0 aliphatic heterocycles. The third-order valence-electron chi connectivity index (χ3n) is 2.11. The molecule has 0 bridgehead atoms. The number of hydrogen-bond acceptors (Lipinski definition) is 1. The molecule has 2 N–H and O–H groups in total. The molecule has 1 atom stereocenters. The summed E-state index contributed by atoms with van der Waals surface area (Å²) in [6.45, 7) is 0.694. The monoisotopic (exact) mass is 225 g/mol. The van der Waals surface area contributed by atoms with Crippen LogP contribution < -0.4 is 5.73 Å². The molecular formula is C9H8F5N. The van der Waals surface area contributed by atoms with Crippen LogP contribution >= 0.6 is 0 Å². The summed E-state index contributed by atoms with van der Waals surface area (Å²) >= 11 is 0. The molecule has 1 unspecified atom stereocenters. The summed E-state index contributed by atoms with van der Waals surface area (Å²) in [6.07, 6.45) is -4.72. The number of benzene rings is 1. The summed E-state index contributed by atoms with van der Waals surface area (Å²) in [4.78, 5) is 0. The van der Waals surface area contributed by atoms with Gasteiger partial charge in [0.2, 0.25) is 0 Å². The molecule has 15 heavy (non-hydrogen) atoms. The van der Waals surface area contributed by atoms with Gasteiger partial charge in [-0.25, -0.2) is 8.78 Å². The number of alkyl halides is 3. The minimum absolute atomic E-state index is 0.447. The van der Waals surface area contributed by atoms with Crippen molar-refractivity contribution in [2.45, 2.75) is 18.6 Å². The Kier molecular flexibility index (Phi) is 2.73. The van der Waals surface area contributed by atoms with Crippen LogP contribution in [-0.2, 0) is 5.54 Å². The van der Waals surface area contributed by atoms with Crippen LogP contribution in [0.1, 0.15) is 12.5 Å². The lowest BCUT2D eigenvalue weighted by Gasteiger charge is -2.27. The van der Waals surface area contributed by atoms with Crippen molar-refractivity contribution in [3.8, 4) is 0 Å². The first-order valence-corrected chi connectivity index (χ1v) is 3.97. The van der Waals surface area contributed by atoms with Gasteiger partial charge >= 0.3 is 6.18 Å². The Labute approximate surface area is 82.7 Å². The average Bonchev–Trinajstić information content (AvgIpc) is 2.07. The van der Waals surface area contributed by atoms with Gasteiger partial charge in [-0.1, -0.05) is 6.07 Å². The van der Waals surface area contributed by atoms with Gasteiger partial charge in [-0.15, -0.1) is 0 Å². The van der Waals surface area contributed by atoms with E-state index < -0.39 is 28.9 Å². The summed E-state index contributed by atoms with van der Waals surface area (Å²) in [6, 6.07) is 1.87. The van der Waals surface area contributed by atoms with E-state index in [9.17, 15) is 22.0 Å². The number of halogens is 5. The largest absolute Gasteiger partial charge is 0.410 e. The molecule has 0 fully saturated rings. The van der Waals surface area contributed by atoms with E-state index in [0.29, 0.717) is 19.1 Å². The molecule has 1 aromatic carbocycles. The molecule has 6 heteroatoms. The van der Waals surface area contributed by atoms with Gasteiger partial charge < -0.3 is 5.73 Å². The van der Waals surface area contributed by atoms with E-state index in [-0.39, 0.29) is 0 Å². The van der Waals surface area contributed by atoms with Gasteiger partial charge in [0, 0.05) is 0 Å². The molecule has 0 spiro atoms. The van der Waals surface area contributed by atoms with Crippen molar-refractivity contribution in [3.63, 3.8) is 0 Å². The summed E-state index contributed by atoms with van der Waals surface area (Å²) in [7, 11) is 0. The van der Waals surface area contributed by atoms with Gasteiger partial charge in [-0.05, 0) is 24.6 Å². The number of rotatable bonds is 1. The molecule has 0 heterocycles. The molecule has 0 radical (unpaired) electrons. The molecule has 1 nitrogen and oxygen atoms in total. The Morgan fingerprint density at radius 2 is 1.60 bits per heavy atom.